The van der Waals surface area contributed by atoms with Crippen molar-refractivity contribution in [1.29, 1.82) is 0 Å². The van der Waals surface area contributed by atoms with Gasteiger partial charge in [-0.3, -0.25) is 9.79 Å². The van der Waals surface area contributed by atoms with E-state index in [0.29, 0.717) is 17.0 Å². The molecule has 23 heavy (non-hydrogen) atoms. The molecule has 1 aliphatic heterocycles. The standard InChI is InChI=1S/C18H14FN3O/c19-11-6-7-15-14(10-11)16-13(8-9-20-18(16)23)17(22-15)21-12-4-2-1-3-5-12/h1-10,14-15H,(H,20,23)(H,21,22). The number of hydrogen-bond donors (Lipinski definition) is 2. The molecule has 4 nitrogen and oxygen atoms in total. The van der Waals surface area contributed by atoms with Crippen LogP contribution < -0.4 is 10.9 Å². The van der Waals surface area contributed by atoms with Crippen LogP contribution in [0.4, 0.5) is 10.1 Å². The minimum absolute atomic E-state index is 0.209. The first-order chi connectivity index (χ1) is 11.2. The SMILES string of the molecule is O=c1[nH]ccc2c1C1C=C(F)C=CC1N=C2Nc1ccccc1. The van der Waals surface area contributed by atoms with Crippen molar-refractivity contribution in [2.24, 2.45) is 4.99 Å². The first-order valence-corrected chi connectivity index (χ1v) is 7.40. The number of H-pyrrole nitrogens is 1. The lowest BCUT2D eigenvalue weighted by Crippen LogP contribution is -2.34. The molecule has 1 aromatic carbocycles. The van der Waals surface area contributed by atoms with Crippen molar-refractivity contribution in [3.8, 4) is 0 Å². The van der Waals surface area contributed by atoms with Crippen LogP contribution in [-0.2, 0) is 0 Å². The Labute approximate surface area is 132 Å². The van der Waals surface area contributed by atoms with E-state index in [9.17, 15) is 9.18 Å². The Morgan fingerprint density at radius 3 is 2.83 bits per heavy atom. The Hall–Kier alpha value is -2.95. The monoisotopic (exact) mass is 307 g/mol. The maximum atomic E-state index is 13.6. The first kappa shape index (κ1) is 13.7. The van der Waals surface area contributed by atoms with Crippen LogP contribution in [0.15, 0.2) is 76.4 Å². The highest BCUT2D eigenvalue weighted by Gasteiger charge is 2.32. The number of aromatic nitrogens is 1. The normalized spacial score (nSPS) is 21.8. The van der Waals surface area contributed by atoms with Crippen molar-refractivity contribution in [3.05, 3.63) is 88.1 Å². The molecule has 2 aliphatic rings. The van der Waals surface area contributed by atoms with E-state index in [1.807, 2.05) is 30.3 Å². The Morgan fingerprint density at radius 1 is 1.17 bits per heavy atom. The molecule has 0 bridgehead atoms. The minimum atomic E-state index is -0.374. The number of nitrogens with one attached hydrogen (secondary N) is 2. The molecule has 1 aliphatic carbocycles. The number of rotatable bonds is 1. The van der Waals surface area contributed by atoms with Crippen LogP contribution in [0.3, 0.4) is 0 Å². The molecule has 2 atom stereocenters. The van der Waals surface area contributed by atoms with Crippen LogP contribution in [0.25, 0.3) is 0 Å². The van der Waals surface area contributed by atoms with Crippen LogP contribution in [-0.4, -0.2) is 16.9 Å². The fourth-order valence-electron chi connectivity index (χ4n) is 3.02. The van der Waals surface area contributed by atoms with E-state index in [0.717, 1.165) is 5.69 Å². The second kappa shape index (κ2) is 5.35. The quantitative estimate of drug-likeness (QED) is 0.850. The van der Waals surface area contributed by atoms with Gasteiger partial charge in [-0.1, -0.05) is 24.3 Å². The van der Waals surface area contributed by atoms with Gasteiger partial charge in [0.1, 0.15) is 11.7 Å². The highest BCUT2D eigenvalue weighted by atomic mass is 19.1. The highest BCUT2D eigenvalue weighted by Crippen LogP contribution is 2.34. The van der Waals surface area contributed by atoms with E-state index in [-0.39, 0.29) is 23.3 Å². The number of halogens is 1. The molecule has 2 aromatic rings. The van der Waals surface area contributed by atoms with Gasteiger partial charge in [0.25, 0.3) is 5.56 Å². The number of benzene rings is 1. The number of hydrogen-bond acceptors (Lipinski definition) is 3. The number of aromatic amines is 1. The van der Waals surface area contributed by atoms with Crippen molar-refractivity contribution in [1.82, 2.24) is 4.98 Å². The lowest BCUT2D eigenvalue weighted by molar-refractivity contribution is 0.609. The molecule has 0 amide bonds. The fourth-order valence-corrected chi connectivity index (χ4v) is 3.02. The van der Waals surface area contributed by atoms with Crippen LogP contribution >= 0.6 is 0 Å². The van der Waals surface area contributed by atoms with Gasteiger partial charge in [-0.15, -0.1) is 0 Å². The molecular weight excluding hydrogens is 293 g/mol. The molecule has 0 spiro atoms. The number of aliphatic imine (C=N–C) groups is 1. The third kappa shape index (κ3) is 2.40. The lowest BCUT2D eigenvalue weighted by Gasteiger charge is -2.29. The zero-order chi connectivity index (χ0) is 15.8. The highest BCUT2D eigenvalue weighted by molar-refractivity contribution is 6.10. The zero-order valence-corrected chi connectivity index (χ0v) is 12.2. The third-order valence-electron chi connectivity index (χ3n) is 4.06. The molecule has 5 heteroatoms. The van der Waals surface area contributed by atoms with Crippen LogP contribution in [0.5, 0.6) is 0 Å². The summed E-state index contributed by atoms with van der Waals surface area (Å²) in [4.78, 5) is 19.7. The maximum absolute atomic E-state index is 13.6. The summed E-state index contributed by atoms with van der Waals surface area (Å²) in [6, 6.07) is 11.1. The number of allylic oxidation sites excluding steroid dienone is 2. The number of anilines is 1. The van der Waals surface area contributed by atoms with Gasteiger partial charge in [0, 0.05) is 28.9 Å². The maximum Gasteiger partial charge on any atom is 0.252 e. The number of para-hydroxylation sites is 1. The molecule has 2 unspecified atom stereocenters. The first-order valence-electron chi connectivity index (χ1n) is 7.40. The van der Waals surface area contributed by atoms with Crippen LogP contribution in [0.2, 0.25) is 0 Å². The molecule has 0 fully saturated rings. The number of amidine groups is 1. The fraction of sp³-hybridized carbons (Fsp3) is 0.111. The van der Waals surface area contributed by atoms with Gasteiger partial charge in [0.05, 0.1) is 6.04 Å². The van der Waals surface area contributed by atoms with E-state index in [1.165, 1.54) is 12.2 Å². The number of fused-ring (bicyclic) bond motifs is 3. The summed E-state index contributed by atoms with van der Waals surface area (Å²) in [6.45, 7) is 0. The number of nitrogens with zero attached hydrogens (tertiary/aromatic N) is 1. The predicted octanol–water partition coefficient (Wildman–Crippen LogP) is 3.12. The van der Waals surface area contributed by atoms with E-state index in [4.69, 9.17) is 0 Å². The summed E-state index contributed by atoms with van der Waals surface area (Å²) in [5.41, 5.74) is 1.93. The Balaban J connectivity index is 1.84. The number of pyridine rings is 1. The molecule has 0 radical (unpaired) electrons. The molecule has 1 aromatic heterocycles. The van der Waals surface area contributed by atoms with Crippen molar-refractivity contribution < 1.29 is 4.39 Å². The molecule has 0 saturated carbocycles. The second-order valence-corrected chi connectivity index (χ2v) is 5.53. The average molecular weight is 307 g/mol. The summed E-state index contributed by atoms with van der Waals surface area (Å²) in [5.74, 6) is -0.0877. The molecule has 2 heterocycles. The van der Waals surface area contributed by atoms with Gasteiger partial charge in [0.15, 0.2) is 0 Å². The third-order valence-corrected chi connectivity index (χ3v) is 4.06. The summed E-state index contributed by atoms with van der Waals surface area (Å²) in [7, 11) is 0. The van der Waals surface area contributed by atoms with Crippen LogP contribution in [0, 0.1) is 0 Å². The Kier molecular flexibility index (Phi) is 3.19. The van der Waals surface area contributed by atoms with Gasteiger partial charge >= 0.3 is 0 Å². The summed E-state index contributed by atoms with van der Waals surface area (Å²) >= 11 is 0. The molecule has 114 valence electrons. The van der Waals surface area contributed by atoms with Gasteiger partial charge in [-0.05, 0) is 30.4 Å². The zero-order valence-electron chi connectivity index (χ0n) is 12.2. The Morgan fingerprint density at radius 2 is 2.00 bits per heavy atom. The largest absolute Gasteiger partial charge is 0.340 e. The van der Waals surface area contributed by atoms with Crippen LogP contribution in [0.1, 0.15) is 17.0 Å². The van der Waals surface area contributed by atoms with Gasteiger partial charge < -0.3 is 10.3 Å². The Bertz CT molecular complexity index is 896. The summed E-state index contributed by atoms with van der Waals surface area (Å²) in [5, 5.41) is 3.26. The molecule has 0 saturated heterocycles. The minimum Gasteiger partial charge on any atom is -0.340 e. The lowest BCUT2D eigenvalue weighted by atomic mass is 9.83. The molecular formula is C18H14FN3O. The van der Waals surface area contributed by atoms with Gasteiger partial charge in [-0.25, -0.2) is 4.39 Å². The van der Waals surface area contributed by atoms with E-state index in [2.05, 4.69) is 15.3 Å². The van der Waals surface area contributed by atoms with Gasteiger partial charge in [-0.2, -0.15) is 0 Å². The summed E-state index contributed by atoms with van der Waals surface area (Å²) < 4.78 is 13.6. The smallest absolute Gasteiger partial charge is 0.252 e. The van der Waals surface area contributed by atoms with Gasteiger partial charge in [0.2, 0.25) is 0 Å². The van der Waals surface area contributed by atoms with E-state index >= 15 is 0 Å². The van der Waals surface area contributed by atoms with E-state index < -0.39 is 0 Å². The average Bonchev–Trinajstić information content (AvgIpc) is 2.56. The topological polar surface area (TPSA) is 57.2 Å². The predicted molar refractivity (Wildman–Crippen MR) is 88.5 cm³/mol. The molecule has 4 rings (SSSR count). The van der Waals surface area contributed by atoms with Crippen molar-refractivity contribution in [2.45, 2.75) is 12.0 Å². The van der Waals surface area contributed by atoms with E-state index in [1.54, 1.807) is 18.3 Å². The summed E-state index contributed by atoms with van der Waals surface area (Å²) in [6.07, 6.45) is 6.14. The molecule has 2 N–H and O–H groups in total. The van der Waals surface area contributed by atoms with Crippen molar-refractivity contribution >= 4 is 11.5 Å². The van der Waals surface area contributed by atoms with Crippen molar-refractivity contribution in [2.75, 3.05) is 5.32 Å². The van der Waals surface area contributed by atoms with Crippen molar-refractivity contribution in [3.63, 3.8) is 0 Å². The second-order valence-electron chi connectivity index (χ2n) is 5.53.